The van der Waals surface area contributed by atoms with Crippen LogP contribution in [0, 0.1) is 0 Å². The molecule has 156 valence electrons. The van der Waals surface area contributed by atoms with E-state index >= 15 is 0 Å². The number of aromatic nitrogens is 1. The van der Waals surface area contributed by atoms with E-state index < -0.39 is 15.9 Å². The van der Waals surface area contributed by atoms with Crippen LogP contribution in [-0.4, -0.2) is 33.0 Å². The molecule has 1 aromatic heterocycles. The second kappa shape index (κ2) is 8.93. The van der Waals surface area contributed by atoms with Crippen LogP contribution in [0.5, 0.6) is 5.75 Å². The predicted molar refractivity (Wildman–Crippen MR) is 113 cm³/mol. The Labute approximate surface area is 174 Å². The van der Waals surface area contributed by atoms with E-state index in [1.807, 2.05) is 0 Å². The van der Waals surface area contributed by atoms with Gasteiger partial charge in [-0.1, -0.05) is 18.2 Å². The van der Waals surface area contributed by atoms with Crippen molar-refractivity contribution in [3.8, 4) is 5.75 Å². The smallest absolute Gasteiger partial charge is 0.255 e. The van der Waals surface area contributed by atoms with Gasteiger partial charge in [0.05, 0.1) is 13.7 Å². The molecule has 3 rings (SSSR count). The first kappa shape index (κ1) is 21.3. The number of nitrogens with one attached hydrogen (secondary N) is 2. The lowest BCUT2D eigenvalue weighted by atomic mass is 10.1. The van der Waals surface area contributed by atoms with Crippen molar-refractivity contribution in [2.45, 2.75) is 11.4 Å². The fourth-order valence-corrected chi connectivity index (χ4v) is 3.74. The lowest BCUT2D eigenvalue weighted by Crippen LogP contribution is -2.20. The topological polar surface area (TPSA) is 106 Å². The molecule has 0 fully saturated rings. The van der Waals surface area contributed by atoms with Crippen molar-refractivity contribution < 1.29 is 17.9 Å². The molecule has 0 unspecified atom stereocenters. The molecule has 30 heavy (non-hydrogen) atoms. The van der Waals surface area contributed by atoms with Gasteiger partial charge in [-0.2, -0.15) is 0 Å². The van der Waals surface area contributed by atoms with E-state index in [9.17, 15) is 18.0 Å². The van der Waals surface area contributed by atoms with Crippen molar-refractivity contribution in [3.05, 3.63) is 88.3 Å². The zero-order valence-electron chi connectivity index (χ0n) is 16.5. The third-order valence-electron chi connectivity index (χ3n) is 4.45. The Bertz CT molecular complexity index is 1220. The monoisotopic (exact) mass is 427 g/mol. The molecule has 0 saturated carbocycles. The molecule has 0 radical (unpaired) electrons. The number of nitrogens with zero attached hydrogens (tertiary/aromatic N) is 1. The lowest BCUT2D eigenvalue weighted by Gasteiger charge is -2.11. The number of hydrogen-bond donors (Lipinski definition) is 2. The van der Waals surface area contributed by atoms with E-state index in [0.29, 0.717) is 12.2 Å². The van der Waals surface area contributed by atoms with Crippen LogP contribution in [-0.2, 0) is 16.6 Å². The molecule has 0 aliphatic rings. The van der Waals surface area contributed by atoms with Crippen molar-refractivity contribution in [3.63, 3.8) is 0 Å². The van der Waals surface area contributed by atoms with Gasteiger partial charge in [-0.05, 0) is 49.0 Å². The van der Waals surface area contributed by atoms with Crippen LogP contribution in [0.3, 0.4) is 0 Å². The zero-order valence-corrected chi connectivity index (χ0v) is 17.3. The predicted octanol–water partition coefficient (Wildman–Crippen LogP) is 2.07. The number of rotatable bonds is 7. The summed E-state index contributed by atoms with van der Waals surface area (Å²) in [5.74, 6) is -0.321. The van der Waals surface area contributed by atoms with Crippen molar-refractivity contribution in [2.24, 2.45) is 0 Å². The summed E-state index contributed by atoms with van der Waals surface area (Å²) in [4.78, 5) is 24.3. The molecule has 0 spiro atoms. The van der Waals surface area contributed by atoms with E-state index in [-0.39, 0.29) is 21.8 Å². The molecule has 0 saturated heterocycles. The van der Waals surface area contributed by atoms with Crippen LogP contribution in [0.4, 0.5) is 5.69 Å². The number of ether oxygens (including phenoxy) is 1. The Balaban J connectivity index is 1.77. The van der Waals surface area contributed by atoms with E-state index in [4.69, 9.17) is 4.74 Å². The number of amides is 1. The average molecular weight is 427 g/mol. The number of methoxy groups -OCH3 is 1. The SMILES string of the molecule is CNS(=O)(=O)c1cc(C(=O)Nc2ccc(Cn3ccccc3=O)cc2)ccc1OC. The van der Waals surface area contributed by atoms with Gasteiger partial charge in [-0.3, -0.25) is 9.59 Å². The molecular weight excluding hydrogens is 406 g/mol. The first-order chi connectivity index (χ1) is 14.3. The first-order valence-electron chi connectivity index (χ1n) is 9.01. The van der Waals surface area contributed by atoms with Crippen LogP contribution < -0.4 is 20.3 Å². The van der Waals surface area contributed by atoms with Crippen LogP contribution in [0.2, 0.25) is 0 Å². The molecule has 2 aromatic carbocycles. The molecule has 9 heteroatoms. The van der Waals surface area contributed by atoms with Gasteiger partial charge in [0.1, 0.15) is 10.6 Å². The summed E-state index contributed by atoms with van der Waals surface area (Å²) in [5, 5.41) is 2.73. The van der Waals surface area contributed by atoms with Gasteiger partial charge >= 0.3 is 0 Å². The van der Waals surface area contributed by atoms with Gasteiger partial charge < -0.3 is 14.6 Å². The lowest BCUT2D eigenvalue weighted by molar-refractivity contribution is 0.102. The maximum atomic E-state index is 12.6. The summed E-state index contributed by atoms with van der Waals surface area (Å²) < 4.78 is 33.2. The molecule has 1 heterocycles. The van der Waals surface area contributed by atoms with Gasteiger partial charge in [0.2, 0.25) is 10.0 Å². The standard InChI is InChI=1S/C21H21N3O5S/c1-22-30(27,28)19-13-16(8-11-18(19)29-2)21(26)23-17-9-6-15(7-10-17)14-24-12-4-3-5-20(24)25/h3-13,22H,14H2,1-2H3,(H,23,26). The van der Waals surface area contributed by atoms with E-state index in [1.54, 1.807) is 47.2 Å². The Morgan fingerprint density at radius 1 is 1.07 bits per heavy atom. The van der Waals surface area contributed by atoms with Gasteiger partial charge in [0.15, 0.2) is 0 Å². The average Bonchev–Trinajstić information content (AvgIpc) is 2.76. The van der Waals surface area contributed by atoms with Crippen molar-refractivity contribution >= 4 is 21.6 Å². The Hall–Kier alpha value is -3.43. The first-order valence-corrected chi connectivity index (χ1v) is 10.5. The third kappa shape index (κ3) is 4.76. The quantitative estimate of drug-likeness (QED) is 0.600. The van der Waals surface area contributed by atoms with Crippen LogP contribution in [0.15, 0.2) is 76.6 Å². The molecule has 8 nitrogen and oxygen atoms in total. The van der Waals surface area contributed by atoms with Crippen LogP contribution >= 0.6 is 0 Å². The van der Waals surface area contributed by atoms with Crippen LogP contribution in [0.1, 0.15) is 15.9 Å². The molecule has 0 aliphatic carbocycles. The minimum Gasteiger partial charge on any atom is -0.495 e. The second-order valence-corrected chi connectivity index (χ2v) is 8.25. The Morgan fingerprint density at radius 3 is 2.43 bits per heavy atom. The maximum absolute atomic E-state index is 12.6. The van der Waals surface area contributed by atoms with E-state index in [0.717, 1.165) is 5.56 Å². The number of pyridine rings is 1. The number of carbonyl (C=O) groups excluding carboxylic acids is 1. The zero-order chi connectivity index (χ0) is 21.7. The minimum absolute atomic E-state index is 0.0956. The molecule has 0 bridgehead atoms. The van der Waals surface area contributed by atoms with Gasteiger partial charge in [0.25, 0.3) is 11.5 Å². The molecule has 1 amide bonds. The summed E-state index contributed by atoms with van der Waals surface area (Å²) in [6.45, 7) is 0.414. The molecule has 2 N–H and O–H groups in total. The molecular formula is C21H21N3O5S. The number of sulfonamides is 1. The highest BCUT2D eigenvalue weighted by Crippen LogP contribution is 2.25. The summed E-state index contributed by atoms with van der Waals surface area (Å²) >= 11 is 0. The summed E-state index contributed by atoms with van der Waals surface area (Å²) in [6.07, 6.45) is 1.71. The number of anilines is 1. The van der Waals surface area contributed by atoms with Crippen molar-refractivity contribution in [2.75, 3.05) is 19.5 Å². The Morgan fingerprint density at radius 2 is 1.80 bits per heavy atom. The number of hydrogen-bond acceptors (Lipinski definition) is 5. The van der Waals surface area contributed by atoms with Crippen LogP contribution in [0.25, 0.3) is 0 Å². The number of benzene rings is 2. The van der Waals surface area contributed by atoms with E-state index in [2.05, 4.69) is 10.0 Å². The molecule has 0 aliphatic heterocycles. The second-order valence-electron chi connectivity index (χ2n) is 6.39. The van der Waals surface area contributed by atoms with E-state index in [1.165, 1.54) is 38.4 Å². The normalized spacial score (nSPS) is 11.1. The highest BCUT2D eigenvalue weighted by Gasteiger charge is 2.20. The minimum atomic E-state index is -3.79. The highest BCUT2D eigenvalue weighted by atomic mass is 32.2. The summed E-state index contributed by atoms with van der Waals surface area (Å²) in [7, 11) is -1.15. The van der Waals surface area contributed by atoms with Gasteiger partial charge in [-0.15, -0.1) is 0 Å². The molecule has 0 atom stereocenters. The van der Waals surface area contributed by atoms with Crippen molar-refractivity contribution in [1.29, 1.82) is 0 Å². The Kier molecular flexibility index (Phi) is 6.34. The summed E-state index contributed by atoms with van der Waals surface area (Å²) in [6, 6.07) is 16.2. The van der Waals surface area contributed by atoms with Gasteiger partial charge in [0, 0.05) is 23.5 Å². The fraction of sp³-hybridized carbons (Fsp3) is 0.143. The van der Waals surface area contributed by atoms with Gasteiger partial charge in [-0.25, -0.2) is 13.1 Å². The fourth-order valence-electron chi connectivity index (χ4n) is 2.82. The molecule has 3 aromatic rings. The van der Waals surface area contributed by atoms with Crippen molar-refractivity contribution in [1.82, 2.24) is 9.29 Å². The maximum Gasteiger partial charge on any atom is 0.255 e. The highest BCUT2D eigenvalue weighted by molar-refractivity contribution is 7.89. The number of carbonyl (C=O) groups is 1. The largest absolute Gasteiger partial charge is 0.495 e. The summed E-state index contributed by atoms with van der Waals surface area (Å²) in [5.41, 5.74) is 1.51. The third-order valence-corrected chi connectivity index (χ3v) is 5.88.